The average Bonchev–Trinajstić information content (AvgIpc) is 3.31. The third-order valence-electron chi connectivity index (χ3n) is 5.70. The number of allylic oxidation sites excluding steroid dienone is 2. The number of fused-ring (bicyclic) bond motifs is 3. The van der Waals surface area contributed by atoms with E-state index in [-0.39, 0.29) is 31.6 Å². The van der Waals surface area contributed by atoms with E-state index in [1.54, 1.807) is 18.2 Å². The maximum absolute atomic E-state index is 12.8. The van der Waals surface area contributed by atoms with Gasteiger partial charge in [0.05, 0.1) is 16.2 Å². The van der Waals surface area contributed by atoms with E-state index in [0.29, 0.717) is 9.79 Å². The van der Waals surface area contributed by atoms with Gasteiger partial charge in [-0.1, -0.05) is 54.1 Å². The minimum atomic E-state index is -3.47. The van der Waals surface area contributed by atoms with Crippen LogP contribution in [0.4, 0.5) is 0 Å². The number of carbonyl (C=O) groups is 1. The number of carbonyl (C=O) groups excluding carboxylic acids is 1. The summed E-state index contributed by atoms with van der Waals surface area (Å²) in [6, 6.07) is 21.9. The van der Waals surface area contributed by atoms with Crippen LogP contribution in [0.5, 0.6) is 0 Å². The average molecular weight is 659 g/mol. The fourth-order valence-corrected chi connectivity index (χ4v) is 5.96. The SMILES string of the molecule is CC(=O)/C=C(/C)O.O=S1(=O)c2c[c-]c(-c3cc4c5c(cccc5n3)C=C4)cc2-c2ccccc21.[Ir]. The second-order valence-electron chi connectivity index (χ2n) is 8.19. The number of nitrogens with zero attached hydrogens (tertiary/aromatic N) is 1. The van der Waals surface area contributed by atoms with E-state index in [0.717, 1.165) is 38.9 Å². The summed E-state index contributed by atoms with van der Waals surface area (Å²) in [6.07, 6.45) is 5.36. The predicted octanol–water partition coefficient (Wildman–Crippen LogP) is 6.03. The van der Waals surface area contributed by atoms with Crippen LogP contribution in [0.2, 0.25) is 0 Å². The molecule has 0 spiro atoms. The summed E-state index contributed by atoms with van der Waals surface area (Å²) >= 11 is 0. The van der Waals surface area contributed by atoms with Crippen molar-refractivity contribution >= 4 is 38.7 Å². The number of hydrogen-bond donors (Lipinski definition) is 1. The molecule has 3 aromatic carbocycles. The predicted molar refractivity (Wildman–Crippen MR) is 133 cm³/mol. The summed E-state index contributed by atoms with van der Waals surface area (Å²) in [5, 5.41) is 9.53. The van der Waals surface area contributed by atoms with Gasteiger partial charge in [-0.15, -0.1) is 23.8 Å². The third kappa shape index (κ3) is 4.39. The summed E-state index contributed by atoms with van der Waals surface area (Å²) in [6.45, 7) is 2.85. The normalized spacial score (nSPS) is 13.9. The first kappa shape index (κ1) is 24.7. The summed E-state index contributed by atoms with van der Waals surface area (Å²) in [7, 11) is -3.47. The van der Waals surface area contributed by atoms with Gasteiger partial charge >= 0.3 is 0 Å². The van der Waals surface area contributed by atoms with Crippen molar-refractivity contribution in [1.82, 2.24) is 4.98 Å². The summed E-state index contributed by atoms with van der Waals surface area (Å²) in [5.74, 6) is -0.0625. The second-order valence-corrected chi connectivity index (χ2v) is 10.1. The van der Waals surface area contributed by atoms with Crippen molar-refractivity contribution in [3.63, 3.8) is 0 Å². The number of rotatable bonds is 2. The molecule has 4 aromatic rings. The fraction of sp³-hybridized carbons (Fsp3) is 0.0714. The van der Waals surface area contributed by atoms with E-state index in [2.05, 4.69) is 24.3 Å². The van der Waals surface area contributed by atoms with Crippen LogP contribution in [0.1, 0.15) is 25.0 Å². The van der Waals surface area contributed by atoms with Gasteiger partial charge in [-0.3, -0.25) is 9.78 Å². The largest absolute Gasteiger partial charge is 0.512 e. The van der Waals surface area contributed by atoms with Gasteiger partial charge in [0, 0.05) is 31.6 Å². The van der Waals surface area contributed by atoms with E-state index >= 15 is 0 Å². The minimum absolute atomic E-state index is 0. The Morgan fingerprint density at radius 1 is 0.943 bits per heavy atom. The number of aliphatic hydroxyl groups is 1. The second kappa shape index (κ2) is 9.34. The Labute approximate surface area is 217 Å². The van der Waals surface area contributed by atoms with Crippen molar-refractivity contribution in [2.75, 3.05) is 0 Å². The molecule has 0 atom stereocenters. The summed E-state index contributed by atoms with van der Waals surface area (Å²) < 4.78 is 25.5. The molecule has 1 aliphatic heterocycles. The minimum Gasteiger partial charge on any atom is -0.512 e. The summed E-state index contributed by atoms with van der Waals surface area (Å²) in [4.78, 5) is 15.5. The molecule has 7 heteroatoms. The molecule has 0 saturated carbocycles. The van der Waals surface area contributed by atoms with Crippen LogP contribution in [0, 0.1) is 6.07 Å². The molecule has 1 aliphatic carbocycles. The zero-order chi connectivity index (χ0) is 24.0. The molecule has 2 aliphatic rings. The van der Waals surface area contributed by atoms with E-state index in [4.69, 9.17) is 10.1 Å². The van der Waals surface area contributed by atoms with Gasteiger partial charge < -0.3 is 5.11 Å². The Kier molecular flexibility index (Phi) is 6.60. The van der Waals surface area contributed by atoms with Gasteiger partial charge in [0.25, 0.3) is 0 Å². The molecule has 35 heavy (non-hydrogen) atoms. The zero-order valence-electron chi connectivity index (χ0n) is 18.9. The molecular weight excluding hydrogens is 639 g/mol. The molecule has 2 heterocycles. The maximum Gasteiger partial charge on any atom is 0.173 e. The molecule has 6 rings (SSSR count). The van der Waals surface area contributed by atoms with Gasteiger partial charge in [-0.25, -0.2) is 8.42 Å². The fourth-order valence-electron chi connectivity index (χ4n) is 4.33. The number of benzene rings is 3. The molecule has 1 radical (unpaired) electrons. The van der Waals surface area contributed by atoms with Crippen LogP contribution in [-0.4, -0.2) is 24.3 Å². The molecule has 1 aromatic heterocycles. The number of hydrogen-bond acceptors (Lipinski definition) is 5. The first-order valence-corrected chi connectivity index (χ1v) is 12.1. The van der Waals surface area contributed by atoms with Gasteiger partial charge in [0.2, 0.25) is 0 Å². The van der Waals surface area contributed by atoms with Crippen LogP contribution in [-0.2, 0) is 34.7 Å². The number of aliphatic hydroxyl groups excluding tert-OH is 1. The Morgan fingerprint density at radius 2 is 1.69 bits per heavy atom. The third-order valence-corrected chi connectivity index (χ3v) is 7.55. The maximum atomic E-state index is 12.8. The Morgan fingerprint density at radius 3 is 2.40 bits per heavy atom. The molecule has 0 unspecified atom stereocenters. The topological polar surface area (TPSA) is 84.3 Å². The van der Waals surface area contributed by atoms with Crippen molar-refractivity contribution in [3.05, 3.63) is 89.7 Å². The molecule has 1 N–H and O–H groups in total. The number of sulfone groups is 1. The van der Waals surface area contributed by atoms with Gasteiger partial charge in [0.1, 0.15) is 0 Å². The molecule has 0 bridgehead atoms. The molecule has 0 amide bonds. The standard InChI is InChI=1S/C23H12NO2S.C5H8O2.Ir/c25-27(26)21-7-2-1-5-17(21)18-12-15(10-11-22(18)27)20-13-16-9-8-14-4-3-6-19(24-20)23(14)16;1-4(6)3-5(2)7;/h1-9,11-13H;3,6H,1-2H3;/q-1;;/b;4-3-;. The van der Waals surface area contributed by atoms with Crippen LogP contribution in [0.15, 0.2) is 82.3 Å². The van der Waals surface area contributed by atoms with Crippen LogP contribution in [0.3, 0.4) is 0 Å². The Hall–Kier alpha value is -3.38. The number of aromatic nitrogens is 1. The smallest absolute Gasteiger partial charge is 0.173 e. The quantitative estimate of drug-likeness (QED) is 0.140. The molecule has 0 saturated heterocycles. The molecule has 5 nitrogen and oxygen atoms in total. The molecule has 177 valence electrons. The molecule has 0 fully saturated rings. The zero-order valence-corrected chi connectivity index (χ0v) is 22.1. The first-order chi connectivity index (χ1) is 16.3. The van der Waals surface area contributed by atoms with Crippen LogP contribution < -0.4 is 0 Å². The van der Waals surface area contributed by atoms with Crippen molar-refractivity contribution in [2.24, 2.45) is 0 Å². The van der Waals surface area contributed by atoms with Crippen molar-refractivity contribution in [3.8, 4) is 22.4 Å². The van der Waals surface area contributed by atoms with Gasteiger partial charge in [-0.2, -0.15) is 0 Å². The molecular formula is C28H20IrNO4S-. The number of pyridine rings is 1. The van der Waals surface area contributed by atoms with Crippen LogP contribution in [0.25, 0.3) is 45.4 Å². The van der Waals surface area contributed by atoms with E-state index < -0.39 is 9.84 Å². The van der Waals surface area contributed by atoms with E-state index in [9.17, 15) is 13.2 Å². The first-order valence-electron chi connectivity index (χ1n) is 10.7. The van der Waals surface area contributed by atoms with Gasteiger partial charge in [-0.05, 0) is 53.3 Å². The van der Waals surface area contributed by atoms with Crippen molar-refractivity contribution in [1.29, 1.82) is 0 Å². The van der Waals surface area contributed by atoms with E-state index in [1.165, 1.54) is 25.5 Å². The van der Waals surface area contributed by atoms with Crippen molar-refractivity contribution in [2.45, 2.75) is 23.6 Å². The number of ketones is 1. The Balaban J connectivity index is 0.000000320. The summed E-state index contributed by atoms with van der Waals surface area (Å²) in [5.41, 5.74) is 6.31. The monoisotopic (exact) mass is 659 g/mol. The van der Waals surface area contributed by atoms with Gasteiger partial charge in [0.15, 0.2) is 15.6 Å². The van der Waals surface area contributed by atoms with Crippen LogP contribution >= 0.6 is 0 Å². The van der Waals surface area contributed by atoms with Crippen molar-refractivity contribution < 1.29 is 38.4 Å². The Bertz CT molecular complexity index is 1670. The van der Waals surface area contributed by atoms with E-state index in [1.807, 2.05) is 36.4 Å².